The third kappa shape index (κ3) is 1.77. The Bertz CT molecular complexity index is 345. The quantitative estimate of drug-likeness (QED) is 0.790. The Morgan fingerprint density at radius 2 is 1.93 bits per heavy atom. The van der Waals surface area contributed by atoms with Crippen molar-refractivity contribution in [3.8, 4) is 0 Å². The number of benzene rings is 1. The standard InChI is InChI=1S/C11H13F2N/c12-9-2-1-8(5-10(9)13)6-11(7-14)3-4-11/h1-2,5H,3-4,6-7,14H2. The van der Waals surface area contributed by atoms with Crippen LogP contribution in [0.1, 0.15) is 18.4 Å². The minimum atomic E-state index is -0.786. The maximum Gasteiger partial charge on any atom is 0.159 e. The minimum absolute atomic E-state index is 0.171. The van der Waals surface area contributed by atoms with Crippen molar-refractivity contribution in [3.05, 3.63) is 35.4 Å². The molecule has 1 aromatic rings. The van der Waals surface area contributed by atoms with Crippen molar-refractivity contribution >= 4 is 0 Å². The highest BCUT2D eigenvalue weighted by Crippen LogP contribution is 2.47. The van der Waals surface area contributed by atoms with Crippen molar-refractivity contribution in [2.45, 2.75) is 19.3 Å². The number of hydrogen-bond acceptors (Lipinski definition) is 1. The second-order valence-corrected chi connectivity index (χ2v) is 4.13. The summed E-state index contributed by atoms with van der Waals surface area (Å²) in [6, 6.07) is 4.08. The van der Waals surface area contributed by atoms with Gasteiger partial charge in [-0.15, -0.1) is 0 Å². The fourth-order valence-electron chi connectivity index (χ4n) is 1.71. The highest BCUT2D eigenvalue weighted by atomic mass is 19.2. The Hall–Kier alpha value is -0.960. The first-order valence-electron chi connectivity index (χ1n) is 4.79. The zero-order valence-electron chi connectivity index (χ0n) is 7.89. The van der Waals surface area contributed by atoms with E-state index >= 15 is 0 Å². The molecule has 76 valence electrons. The molecule has 2 N–H and O–H groups in total. The first kappa shape index (κ1) is 9.59. The highest BCUT2D eigenvalue weighted by molar-refractivity contribution is 5.21. The third-order valence-corrected chi connectivity index (χ3v) is 2.95. The Labute approximate surface area is 81.9 Å². The molecule has 2 rings (SSSR count). The Balaban J connectivity index is 2.14. The van der Waals surface area contributed by atoms with Gasteiger partial charge < -0.3 is 5.73 Å². The molecular formula is C11H13F2N. The summed E-state index contributed by atoms with van der Waals surface area (Å²) in [5.41, 5.74) is 6.63. The SMILES string of the molecule is NCC1(Cc2ccc(F)c(F)c2)CC1. The van der Waals surface area contributed by atoms with Gasteiger partial charge in [-0.1, -0.05) is 6.07 Å². The van der Waals surface area contributed by atoms with Crippen LogP contribution in [0.15, 0.2) is 18.2 Å². The fourth-order valence-corrected chi connectivity index (χ4v) is 1.71. The van der Waals surface area contributed by atoms with Gasteiger partial charge in [-0.2, -0.15) is 0 Å². The summed E-state index contributed by atoms with van der Waals surface area (Å²) >= 11 is 0. The molecule has 1 aromatic carbocycles. The van der Waals surface area contributed by atoms with Crippen LogP contribution in [0, 0.1) is 17.0 Å². The molecule has 1 aliphatic rings. The predicted molar refractivity (Wildman–Crippen MR) is 50.8 cm³/mol. The average Bonchev–Trinajstić information content (AvgIpc) is 2.93. The van der Waals surface area contributed by atoms with E-state index in [0.717, 1.165) is 24.8 Å². The van der Waals surface area contributed by atoms with E-state index in [1.807, 2.05) is 0 Å². The van der Waals surface area contributed by atoms with Gasteiger partial charge in [0.15, 0.2) is 11.6 Å². The van der Waals surface area contributed by atoms with Gasteiger partial charge in [-0.3, -0.25) is 0 Å². The smallest absolute Gasteiger partial charge is 0.159 e. The summed E-state index contributed by atoms with van der Waals surface area (Å²) < 4.78 is 25.5. The summed E-state index contributed by atoms with van der Waals surface area (Å²) in [6.45, 7) is 0.631. The maximum absolute atomic E-state index is 12.9. The highest BCUT2D eigenvalue weighted by Gasteiger charge is 2.40. The minimum Gasteiger partial charge on any atom is -0.330 e. The molecule has 1 saturated carbocycles. The van der Waals surface area contributed by atoms with Crippen molar-refractivity contribution in [2.75, 3.05) is 6.54 Å². The summed E-state index contributed by atoms with van der Waals surface area (Å²) in [7, 11) is 0. The van der Waals surface area contributed by atoms with E-state index in [2.05, 4.69) is 0 Å². The molecule has 0 aromatic heterocycles. The van der Waals surface area contributed by atoms with Crippen molar-refractivity contribution in [2.24, 2.45) is 11.1 Å². The summed E-state index contributed by atoms with van der Waals surface area (Å²) in [5.74, 6) is -1.55. The van der Waals surface area contributed by atoms with E-state index < -0.39 is 11.6 Å². The van der Waals surface area contributed by atoms with Crippen LogP contribution >= 0.6 is 0 Å². The molecule has 0 atom stereocenters. The van der Waals surface area contributed by atoms with Gasteiger partial charge in [0, 0.05) is 0 Å². The lowest BCUT2D eigenvalue weighted by Crippen LogP contribution is -2.17. The molecule has 0 saturated heterocycles. The van der Waals surface area contributed by atoms with Crippen LogP contribution in [0.2, 0.25) is 0 Å². The van der Waals surface area contributed by atoms with Crippen molar-refractivity contribution < 1.29 is 8.78 Å². The van der Waals surface area contributed by atoms with Crippen molar-refractivity contribution in [3.63, 3.8) is 0 Å². The van der Waals surface area contributed by atoms with Gasteiger partial charge in [-0.05, 0) is 48.9 Å². The van der Waals surface area contributed by atoms with Crippen LogP contribution < -0.4 is 5.73 Å². The predicted octanol–water partition coefficient (Wildman–Crippen LogP) is 2.25. The summed E-state index contributed by atoms with van der Waals surface area (Å²) in [5, 5.41) is 0. The van der Waals surface area contributed by atoms with Gasteiger partial charge in [-0.25, -0.2) is 8.78 Å². The van der Waals surface area contributed by atoms with Gasteiger partial charge >= 0.3 is 0 Å². The first-order chi connectivity index (χ1) is 6.65. The second kappa shape index (κ2) is 3.31. The molecule has 1 nitrogen and oxygen atoms in total. The number of hydrogen-bond donors (Lipinski definition) is 1. The monoisotopic (exact) mass is 197 g/mol. The topological polar surface area (TPSA) is 26.0 Å². The number of halogens is 2. The molecule has 14 heavy (non-hydrogen) atoms. The van der Waals surface area contributed by atoms with E-state index in [0.29, 0.717) is 6.54 Å². The summed E-state index contributed by atoms with van der Waals surface area (Å²) in [4.78, 5) is 0. The van der Waals surface area contributed by atoms with E-state index in [4.69, 9.17) is 5.73 Å². The molecule has 0 radical (unpaired) electrons. The molecule has 0 amide bonds. The molecule has 0 heterocycles. The molecule has 0 unspecified atom stereocenters. The lowest BCUT2D eigenvalue weighted by Gasteiger charge is -2.11. The van der Waals surface area contributed by atoms with Crippen LogP contribution in [0.4, 0.5) is 8.78 Å². The summed E-state index contributed by atoms with van der Waals surface area (Å²) in [6.07, 6.45) is 2.96. The van der Waals surface area contributed by atoms with Gasteiger partial charge in [0.05, 0.1) is 0 Å². The fraction of sp³-hybridized carbons (Fsp3) is 0.455. The number of rotatable bonds is 3. The van der Waals surface area contributed by atoms with Crippen LogP contribution in [0.25, 0.3) is 0 Å². The Morgan fingerprint density at radius 1 is 1.21 bits per heavy atom. The molecule has 0 spiro atoms. The Kier molecular flexibility index (Phi) is 2.27. The molecule has 3 heteroatoms. The lowest BCUT2D eigenvalue weighted by atomic mass is 9.97. The second-order valence-electron chi connectivity index (χ2n) is 4.13. The molecule has 0 bridgehead atoms. The lowest BCUT2D eigenvalue weighted by molar-refractivity contribution is 0.495. The van der Waals surface area contributed by atoms with Crippen molar-refractivity contribution in [1.82, 2.24) is 0 Å². The molecule has 1 aliphatic carbocycles. The number of nitrogens with two attached hydrogens (primary N) is 1. The zero-order chi connectivity index (χ0) is 10.2. The Morgan fingerprint density at radius 3 is 2.43 bits per heavy atom. The first-order valence-corrected chi connectivity index (χ1v) is 4.79. The normalized spacial score (nSPS) is 18.2. The van der Waals surface area contributed by atoms with Gasteiger partial charge in [0.1, 0.15) is 0 Å². The van der Waals surface area contributed by atoms with E-state index in [1.54, 1.807) is 6.07 Å². The van der Waals surface area contributed by atoms with Crippen LogP contribution in [0.3, 0.4) is 0 Å². The van der Waals surface area contributed by atoms with Crippen LogP contribution in [-0.2, 0) is 6.42 Å². The third-order valence-electron chi connectivity index (χ3n) is 2.95. The van der Waals surface area contributed by atoms with Gasteiger partial charge in [0.2, 0.25) is 0 Å². The maximum atomic E-state index is 12.9. The van der Waals surface area contributed by atoms with E-state index in [9.17, 15) is 8.78 Å². The van der Waals surface area contributed by atoms with Crippen LogP contribution in [0.5, 0.6) is 0 Å². The molecule has 1 fully saturated rings. The van der Waals surface area contributed by atoms with Crippen molar-refractivity contribution in [1.29, 1.82) is 0 Å². The largest absolute Gasteiger partial charge is 0.330 e. The average molecular weight is 197 g/mol. The van der Waals surface area contributed by atoms with Crippen LogP contribution in [-0.4, -0.2) is 6.54 Å². The van der Waals surface area contributed by atoms with Gasteiger partial charge in [0.25, 0.3) is 0 Å². The van der Waals surface area contributed by atoms with E-state index in [1.165, 1.54) is 12.1 Å². The molecule has 0 aliphatic heterocycles. The molecular weight excluding hydrogens is 184 g/mol. The zero-order valence-corrected chi connectivity index (χ0v) is 7.89. The van der Waals surface area contributed by atoms with E-state index in [-0.39, 0.29) is 5.41 Å².